The zero-order valence-electron chi connectivity index (χ0n) is 16.4. The summed E-state index contributed by atoms with van der Waals surface area (Å²) in [4.78, 5) is 44.1. The molecule has 30 heavy (non-hydrogen) atoms. The van der Waals surface area contributed by atoms with E-state index >= 15 is 0 Å². The summed E-state index contributed by atoms with van der Waals surface area (Å²) in [6.07, 6.45) is 3.21. The lowest BCUT2D eigenvalue weighted by Gasteiger charge is -2.23. The van der Waals surface area contributed by atoms with Gasteiger partial charge in [-0.25, -0.2) is 14.2 Å². The van der Waals surface area contributed by atoms with Crippen LogP contribution in [0.3, 0.4) is 0 Å². The zero-order chi connectivity index (χ0) is 20.8. The maximum absolute atomic E-state index is 13.1. The molecule has 4 aromatic rings. The van der Waals surface area contributed by atoms with Gasteiger partial charge in [-0.05, 0) is 25.8 Å². The predicted molar refractivity (Wildman–Crippen MR) is 110 cm³/mol. The van der Waals surface area contributed by atoms with E-state index in [1.54, 1.807) is 30.2 Å². The van der Waals surface area contributed by atoms with Crippen LogP contribution in [-0.4, -0.2) is 41.7 Å². The second-order valence-corrected chi connectivity index (χ2v) is 7.58. The monoisotopic (exact) mass is 404 g/mol. The van der Waals surface area contributed by atoms with Gasteiger partial charge in [0.25, 0.3) is 11.1 Å². The van der Waals surface area contributed by atoms with Gasteiger partial charge in [-0.1, -0.05) is 18.2 Å². The van der Waals surface area contributed by atoms with E-state index in [0.717, 1.165) is 23.9 Å². The van der Waals surface area contributed by atoms with Crippen molar-refractivity contribution >= 4 is 22.3 Å². The number of hydrogen-bond acceptors (Lipinski definition) is 5. The van der Waals surface area contributed by atoms with E-state index in [1.807, 2.05) is 18.2 Å². The fourth-order valence-electron chi connectivity index (χ4n) is 4.15. The number of H-pyrrole nitrogens is 1. The molecule has 5 rings (SSSR count). The normalized spacial score (nSPS) is 16.6. The average molecular weight is 404 g/mol. The van der Waals surface area contributed by atoms with Gasteiger partial charge >= 0.3 is 0 Å². The van der Waals surface area contributed by atoms with Crippen LogP contribution in [-0.2, 0) is 11.3 Å². The second kappa shape index (κ2) is 6.94. The summed E-state index contributed by atoms with van der Waals surface area (Å²) < 4.78 is 2.60. The summed E-state index contributed by atoms with van der Waals surface area (Å²) in [6.45, 7) is 2.23. The molecule has 0 aliphatic carbocycles. The van der Waals surface area contributed by atoms with Crippen molar-refractivity contribution in [3.8, 4) is 0 Å². The summed E-state index contributed by atoms with van der Waals surface area (Å²) in [5, 5.41) is 8.53. The smallest absolute Gasteiger partial charge is 0.275 e. The number of carbonyl (C=O) groups is 1. The molecule has 1 unspecified atom stereocenters. The summed E-state index contributed by atoms with van der Waals surface area (Å²) >= 11 is 0. The van der Waals surface area contributed by atoms with Crippen molar-refractivity contribution in [2.75, 3.05) is 6.54 Å². The molecule has 9 heteroatoms. The number of aryl methyl sites for hydroxylation is 1. The third kappa shape index (κ3) is 2.99. The largest absolute Gasteiger partial charge is 0.332 e. The Hall–Kier alpha value is -3.75. The van der Waals surface area contributed by atoms with Gasteiger partial charge < -0.3 is 4.90 Å². The third-order valence-electron chi connectivity index (χ3n) is 5.58. The Morgan fingerprint density at radius 1 is 1.23 bits per heavy atom. The lowest BCUT2D eigenvalue weighted by atomic mass is 10.1. The van der Waals surface area contributed by atoms with Gasteiger partial charge in [0.1, 0.15) is 6.54 Å². The first-order valence-electron chi connectivity index (χ1n) is 9.85. The van der Waals surface area contributed by atoms with Crippen molar-refractivity contribution in [3.63, 3.8) is 0 Å². The topological polar surface area (TPSA) is 105 Å². The molecule has 0 bridgehead atoms. The average Bonchev–Trinajstić information content (AvgIpc) is 3.37. The molecular formula is C21H20N6O3. The number of benzene rings is 1. The third-order valence-corrected chi connectivity index (χ3v) is 5.58. The first-order valence-corrected chi connectivity index (χ1v) is 9.85. The number of aromatic nitrogens is 5. The van der Waals surface area contributed by atoms with Crippen molar-refractivity contribution in [2.45, 2.75) is 32.4 Å². The highest BCUT2D eigenvalue weighted by Gasteiger charge is 2.31. The first kappa shape index (κ1) is 18.3. The van der Waals surface area contributed by atoms with Gasteiger partial charge in [0.2, 0.25) is 5.91 Å². The van der Waals surface area contributed by atoms with Gasteiger partial charge in [0, 0.05) is 29.8 Å². The van der Waals surface area contributed by atoms with Crippen molar-refractivity contribution in [2.24, 2.45) is 0 Å². The molecule has 1 aliphatic rings. The van der Waals surface area contributed by atoms with Crippen LogP contribution in [0.5, 0.6) is 0 Å². The summed E-state index contributed by atoms with van der Waals surface area (Å²) in [7, 11) is 0. The quantitative estimate of drug-likeness (QED) is 0.556. The molecule has 1 atom stereocenters. The number of hydrogen-bond donors (Lipinski definition) is 1. The highest BCUT2D eigenvalue weighted by molar-refractivity contribution is 5.81. The van der Waals surface area contributed by atoms with E-state index in [4.69, 9.17) is 0 Å². The molecule has 1 fully saturated rings. The van der Waals surface area contributed by atoms with Crippen LogP contribution in [0, 0.1) is 6.92 Å². The van der Waals surface area contributed by atoms with E-state index in [1.165, 1.54) is 15.3 Å². The Balaban J connectivity index is 1.45. The number of fused-ring (bicyclic) bond motifs is 2. The molecule has 3 aromatic heterocycles. The van der Waals surface area contributed by atoms with Gasteiger partial charge in [-0.15, -0.1) is 0 Å². The molecular weight excluding hydrogens is 384 g/mol. The fourth-order valence-corrected chi connectivity index (χ4v) is 4.15. The zero-order valence-corrected chi connectivity index (χ0v) is 16.4. The van der Waals surface area contributed by atoms with Crippen LogP contribution in [0.25, 0.3) is 16.4 Å². The van der Waals surface area contributed by atoms with Crippen molar-refractivity contribution in [1.29, 1.82) is 0 Å². The van der Waals surface area contributed by atoms with E-state index in [-0.39, 0.29) is 29.6 Å². The maximum atomic E-state index is 13.1. The van der Waals surface area contributed by atoms with Gasteiger partial charge in [0.05, 0.1) is 23.3 Å². The summed E-state index contributed by atoms with van der Waals surface area (Å²) in [5.41, 5.74) is 1.46. The lowest BCUT2D eigenvalue weighted by Crippen LogP contribution is -2.37. The van der Waals surface area contributed by atoms with Crippen molar-refractivity contribution < 1.29 is 4.79 Å². The standard InChI is InChI=1S/C21H20N6O3/c1-13-9-19(28)27-18(23-13)10-16(24-27)17-7-4-8-25(17)20(29)12-26-21(30)15-6-3-2-5-14(15)11-22-26/h2-3,5-6,9-11,17,24H,4,7-8,12H2,1H3. The number of amides is 1. The number of nitrogens with one attached hydrogen (secondary N) is 1. The maximum Gasteiger partial charge on any atom is 0.275 e. The number of rotatable bonds is 3. The van der Waals surface area contributed by atoms with E-state index in [2.05, 4.69) is 15.2 Å². The molecule has 0 saturated carbocycles. The van der Waals surface area contributed by atoms with Crippen molar-refractivity contribution in [3.05, 3.63) is 74.7 Å². The number of nitrogens with zero attached hydrogens (tertiary/aromatic N) is 5. The Morgan fingerprint density at radius 2 is 2.07 bits per heavy atom. The highest BCUT2D eigenvalue weighted by Crippen LogP contribution is 2.31. The number of carbonyl (C=O) groups excluding carboxylic acids is 1. The van der Waals surface area contributed by atoms with Crippen LogP contribution in [0.15, 0.2) is 52.2 Å². The fraction of sp³-hybridized carbons (Fsp3) is 0.286. The Labute approximate surface area is 170 Å². The van der Waals surface area contributed by atoms with Crippen LogP contribution in [0.4, 0.5) is 0 Å². The first-order chi connectivity index (χ1) is 14.5. The molecule has 1 N–H and O–H groups in total. The van der Waals surface area contributed by atoms with Gasteiger partial charge in [-0.3, -0.25) is 19.5 Å². The molecule has 0 spiro atoms. The molecule has 1 amide bonds. The molecule has 152 valence electrons. The number of aromatic amines is 1. The predicted octanol–water partition coefficient (Wildman–Crippen LogP) is 1.40. The summed E-state index contributed by atoms with van der Waals surface area (Å²) in [6, 6.07) is 10.3. The number of likely N-dealkylation sites (tertiary alicyclic amines) is 1. The second-order valence-electron chi connectivity index (χ2n) is 7.58. The minimum absolute atomic E-state index is 0.127. The highest BCUT2D eigenvalue weighted by atomic mass is 16.2. The van der Waals surface area contributed by atoms with E-state index < -0.39 is 0 Å². The minimum atomic E-state index is -0.283. The molecule has 1 aromatic carbocycles. The van der Waals surface area contributed by atoms with Crippen LogP contribution in [0.2, 0.25) is 0 Å². The lowest BCUT2D eigenvalue weighted by molar-refractivity contribution is -0.133. The Kier molecular flexibility index (Phi) is 4.23. The van der Waals surface area contributed by atoms with E-state index in [0.29, 0.717) is 23.3 Å². The van der Waals surface area contributed by atoms with Gasteiger partial charge in [-0.2, -0.15) is 5.10 Å². The molecule has 9 nitrogen and oxygen atoms in total. The van der Waals surface area contributed by atoms with Crippen molar-refractivity contribution in [1.82, 2.24) is 29.3 Å². The van der Waals surface area contributed by atoms with Crippen LogP contribution in [0.1, 0.15) is 30.3 Å². The minimum Gasteiger partial charge on any atom is -0.332 e. The molecule has 1 aliphatic heterocycles. The molecule has 1 saturated heterocycles. The Morgan fingerprint density at radius 3 is 2.93 bits per heavy atom. The molecule has 4 heterocycles. The SMILES string of the molecule is Cc1cc(=O)n2[nH]c(C3CCCN3C(=O)Cn3ncc4ccccc4c3=O)cc2n1. The summed E-state index contributed by atoms with van der Waals surface area (Å²) in [5.74, 6) is -0.183. The van der Waals surface area contributed by atoms with E-state index in [9.17, 15) is 14.4 Å². The molecule has 0 radical (unpaired) electrons. The van der Waals surface area contributed by atoms with Gasteiger partial charge in [0.15, 0.2) is 5.65 Å². The Bertz CT molecular complexity index is 1400. The van der Waals surface area contributed by atoms with Crippen LogP contribution >= 0.6 is 0 Å². The van der Waals surface area contributed by atoms with Crippen LogP contribution < -0.4 is 11.1 Å².